The zero-order valence-corrected chi connectivity index (χ0v) is 13.3. The van der Waals surface area contributed by atoms with Crippen LogP contribution in [0.3, 0.4) is 0 Å². The molecule has 6 nitrogen and oxygen atoms in total. The van der Waals surface area contributed by atoms with Crippen LogP contribution in [0.4, 0.5) is 5.82 Å². The minimum Gasteiger partial charge on any atom is -0.358 e. The molecule has 1 N–H and O–H groups in total. The summed E-state index contributed by atoms with van der Waals surface area (Å²) in [5, 5.41) is 0. The van der Waals surface area contributed by atoms with E-state index in [1.54, 1.807) is 6.07 Å². The molecule has 0 bridgehead atoms. The molecule has 1 aliphatic carbocycles. The number of nitrogens with one attached hydrogen (secondary N) is 1. The zero-order chi connectivity index (χ0) is 15.8. The predicted octanol–water partition coefficient (Wildman–Crippen LogP) is 1.49. The maximum Gasteiger partial charge on any atom is 0.251 e. The van der Waals surface area contributed by atoms with Gasteiger partial charge in [0.1, 0.15) is 11.6 Å². The Morgan fingerprint density at radius 1 is 1.35 bits per heavy atom. The topological polar surface area (TPSA) is 65.1 Å². The molecule has 1 aliphatic heterocycles. The van der Waals surface area contributed by atoms with E-state index in [2.05, 4.69) is 37.9 Å². The molecule has 6 heteroatoms. The lowest BCUT2D eigenvalue weighted by atomic mass is 10.2. The Hall–Kier alpha value is -2.21. The van der Waals surface area contributed by atoms with Crippen molar-refractivity contribution in [1.82, 2.24) is 19.9 Å². The minimum absolute atomic E-state index is 0.0362. The molecule has 0 radical (unpaired) electrons. The van der Waals surface area contributed by atoms with E-state index in [1.165, 1.54) is 5.56 Å². The second kappa shape index (κ2) is 5.77. The highest BCUT2D eigenvalue weighted by atomic mass is 16.1. The number of aromatic amines is 1. The average Bonchev–Trinajstić information content (AvgIpc) is 3.37. The van der Waals surface area contributed by atoms with E-state index in [4.69, 9.17) is 0 Å². The Labute approximate surface area is 135 Å². The number of hydrogen-bond donors (Lipinski definition) is 1. The van der Waals surface area contributed by atoms with Gasteiger partial charge in [-0.3, -0.25) is 9.69 Å². The lowest BCUT2D eigenvalue weighted by Gasteiger charge is -2.20. The normalized spacial score (nSPS) is 18.6. The third kappa shape index (κ3) is 3.12. The summed E-state index contributed by atoms with van der Waals surface area (Å²) in [6, 6.07) is 5.73. The highest BCUT2D eigenvalue weighted by Gasteiger charge is 2.27. The molecule has 1 saturated carbocycles. The highest BCUT2D eigenvalue weighted by molar-refractivity contribution is 5.46. The Bertz CT molecular complexity index is 768. The fourth-order valence-electron chi connectivity index (χ4n) is 3.14. The van der Waals surface area contributed by atoms with Gasteiger partial charge in [-0.1, -0.05) is 6.07 Å². The van der Waals surface area contributed by atoms with Crippen LogP contribution in [-0.4, -0.2) is 40.0 Å². The van der Waals surface area contributed by atoms with Crippen molar-refractivity contribution < 1.29 is 0 Å². The molecule has 2 aliphatic rings. The average molecular weight is 311 g/mol. The van der Waals surface area contributed by atoms with Crippen molar-refractivity contribution in [3.8, 4) is 0 Å². The van der Waals surface area contributed by atoms with E-state index in [9.17, 15) is 4.79 Å². The first kappa shape index (κ1) is 14.4. The molecule has 0 unspecified atom stereocenters. The van der Waals surface area contributed by atoms with Gasteiger partial charge in [-0.05, 0) is 18.9 Å². The van der Waals surface area contributed by atoms with Gasteiger partial charge in [0.25, 0.3) is 5.56 Å². The number of hydrogen-bond acceptors (Lipinski definition) is 5. The standard InChI is InChI=1S/C17H21N5O/c1-21-7-8-22(10-13-3-2-6-18-17(13)21)11-14-9-15(23)20-16(19-14)12-4-5-12/h2-3,6,9,12H,4-5,7-8,10-11H2,1H3,(H,19,20,23). The highest BCUT2D eigenvalue weighted by Crippen LogP contribution is 2.37. The van der Waals surface area contributed by atoms with Crippen molar-refractivity contribution in [3.05, 3.63) is 51.8 Å². The maximum absolute atomic E-state index is 11.9. The number of nitrogens with zero attached hydrogens (tertiary/aromatic N) is 4. The van der Waals surface area contributed by atoms with Crippen LogP contribution in [0.5, 0.6) is 0 Å². The van der Waals surface area contributed by atoms with Gasteiger partial charge in [-0.2, -0.15) is 0 Å². The largest absolute Gasteiger partial charge is 0.358 e. The van der Waals surface area contributed by atoms with Gasteiger partial charge in [0.15, 0.2) is 0 Å². The summed E-state index contributed by atoms with van der Waals surface area (Å²) in [7, 11) is 2.08. The second-order valence-electron chi connectivity index (χ2n) is 6.51. The summed E-state index contributed by atoms with van der Waals surface area (Å²) in [6.07, 6.45) is 4.12. The fourth-order valence-corrected chi connectivity index (χ4v) is 3.14. The number of rotatable bonds is 3. The Morgan fingerprint density at radius 3 is 3.04 bits per heavy atom. The SMILES string of the molecule is CN1CCN(Cc2cc(=O)[nH]c(C3CC3)n2)Cc2cccnc21. The number of fused-ring (bicyclic) bond motifs is 1. The monoisotopic (exact) mass is 311 g/mol. The summed E-state index contributed by atoms with van der Waals surface area (Å²) < 4.78 is 0. The van der Waals surface area contributed by atoms with Gasteiger partial charge in [0, 0.05) is 57.0 Å². The molecule has 3 heterocycles. The zero-order valence-electron chi connectivity index (χ0n) is 13.3. The van der Waals surface area contributed by atoms with E-state index in [0.29, 0.717) is 12.5 Å². The molecule has 120 valence electrons. The summed E-state index contributed by atoms with van der Waals surface area (Å²) in [5.74, 6) is 2.37. The fraction of sp³-hybridized carbons (Fsp3) is 0.471. The first-order valence-electron chi connectivity index (χ1n) is 8.16. The predicted molar refractivity (Wildman–Crippen MR) is 88.5 cm³/mol. The minimum atomic E-state index is -0.0362. The maximum atomic E-state index is 11.9. The number of H-pyrrole nitrogens is 1. The summed E-state index contributed by atoms with van der Waals surface area (Å²) in [5.41, 5.74) is 2.05. The first-order chi connectivity index (χ1) is 11.2. The van der Waals surface area contributed by atoms with Crippen LogP contribution in [0.1, 0.15) is 35.8 Å². The Morgan fingerprint density at radius 2 is 2.22 bits per heavy atom. The third-order valence-electron chi connectivity index (χ3n) is 4.54. The van der Waals surface area contributed by atoms with Crippen LogP contribution in [0, 0.1) is 0 Å². The number of aromatic nitrogens is 3. The van der Waals surface area contributed by atoms with Crippen molar-refractivity contribution in [1.29, 1.82) is 0 Å². The first-order valence-corrected chi connectivity index (χ1v) is 8.16. The number of likely N-dealkylation sites (N-methyl/N-ethyl adjacent to an activating group) is 1. The number of pyridine rings is 1. The molecule has 0 aromatic carbocycles. The molecular formula is C17H21N5O. The molecule has 4 rings (SSSR count). The van der Waals surface area contributed by atoms with E-state index in [0.717, 1.165) is 49.8 Å². The van der Waals surface area contributed by atoms with Crippen LogP contribution in [-0.2, 0) is 13.1 Å². The van der Waals surface area contributed by atoms with Crippen molar-refractivity contribution >= 4 is 5.82 Å². The molecule has 1 fully saturated rings. The molecule has 2 aromatic rings. The molecular weight excluding hydrogens is 290 g/mol. The third-order valence-corrected chi connectivity index (χ3v) is 4.54. The second-order valence-corrected chi connectivity index (χ2v) is 6.51. The van der Waals surface area contributed by atoms with Crippen LogP contribution in [0.15, 0.2) is 29.2 Å². The van der Waals surface area contributed by atoms with Crippen LogP contribution >= 0.6 is 0 Å². The lowest BCUT2D eigenvalue weighted by Crippen LogP contribution is -2.30. The van der Waals surface area contributed by atoms with Crippen LogP contribution in [0.25, 0.3) is 0 Å². The summed E-state index contributed by atoms with van der Waals surface area (Å²) in [4.78, 5) is 28.4. The number of anilines is 1. The molecule has 0 atom stereocenters. The van der Waals surface area contributed by atoms with Crippen molar-refractivity contribution in [2.45, 2.75) is 31.8 Å². The van der Waals surface area contributed by atoms with Gasteiger partial charge >= 0.3 is 0 Å². The smallest absolute Gasteiger partial charge is 0.251 e. The Balaban J connectivity index is 1.56. The molecule has 0 saturated heterocycles. The van der Waals surface area contributed by atoms with E-state index >= 15 is 0 Å². The Kier molecular flexibility index (Phi) is 3.61. The van der Waals surface area contributed by atoms with E-state index in [1.807, 2.05) is 12.3 Å². The van der Waals surface area contributed by atoms with Gasteiger partial charge in [0.05, 0.1) is 5.69 Å². The van der Waals surface area contributed by atoms with Gasteiger partial charge in [-0.25, -0.2) is 9.97 Å². The van der Waals surface area contributed by atoms with E-state index < -0.39 is 0 Å². The summed E-state index contributed by atoms with van der Waals surface area (Å²) >= 11 is 0. The van der Waals surface area contributed by atoms with Crippen molar-refractivity contribution in [2.75, 3.05) is 25.0 Å². The van der Waals surface area contributed by atoms with E-state index in [-0.39, 0.29) is 5.56 Å². The van der Waals surface area contributed by atoms with Gasteiger partial charge in [-0.15, -0.1) is 0 Å². The summed E-state index contributed by atoms with van der Waals surface area (Å²) in [6.45, 7) is 3.38. The molecule has 23 heavy (non-hydrogen) atoms. The van der Waals surface area contributed by atoms with Crippen molar-refractivity contribution in [2.24, 2.45) is 0 Å². The molecule has 0 spiro atoms. The van der Waals surface area contributed by atoms with Crippen LogP contribution < -0.4 is 10.5 Å². The molecule has 0 amide bonds. The van der Waals surface area contributed by atoms with Gasteiger partial charge in [0.2, 0.25) is 0 Å². The van der Waals surface area contributed by atoms with Crippen molar-refractivity contribution in [3.63, 3.8) is 0 Å². The lowest BCUT2D eigenvalue weighted by molar-refractivity contribution is 0.265. The quantitative estimate of drug-likeness (QED) is 0.930. The van der Waals surface area contributed by atoms with Crippen LogP contribution in [0.2, 0.25) is 0 Å². The molecule has 2 aromatic heterocycles. The van der Waals surface area contributed by atoms with Gasteiger partial charge < -0.3 is 9.88 Å².